The maximum atomic E-state index is 11.2. The third kappa shape index (κ3) is 13.1. The first-order valence-electron chi connectivity index (χ1n) is 5.69. The SMILES string of the molecule is CC(C)(C)OC(=O)NCCOCCOCCO. The average molecular weight is 249 g/mol. The highest BCUT2D eigenvalue weighted by atomic mass is 16.6. The van der Waals surface area contributed by atoms with Gasteiger partial charge in [0.15, 0.2) is 0 Å². The summed E-state index contributed by atoms with van der Waals surface area (Å²) in [4.78, 5) is 11.2. The second-order valence-electron chi connectivity index (χ2n) is 4.38. The molecule has 0 fully saturated rings. The van der Waals surface area contributed by atoms with Crippen LogP contribution in [0.15, 0.2) is 0 Å². The third-order valence-corrected chi connectivity index (χ3v) is 1.52. The normalized spacial score (nSPS) is 11.3. The van der Waals surface area contributed by atoms with Crippen molar-refractivity contribution in [2.75, 3.05) is 39.6 Å². The molecule has 0 aromatic carbocycles. The Hall–Kier alpha value is -0.850. The van der Waals surface area contributed by atoms with Crippen LogP contribution in [-0.4, -0.2) is 56.4 Å². The summed E-state index contributed by atoms with van der Waals surface area (Å²) in [5.41, 5.74) is -0.483. The first kappa shape index (κ1) is 16.1. The lowest BCUT2D eigenvalue weighted by Crippen LogP contribution is -2.34. The Bertz CT molecular complexity index is 203. The number of nitrogens with one attached hydrogen (secondary N) is 1. The lowest BCUT2D eigenvalue weighted by atomic mass is 10.2. The van der Waals surface area contributed by atoms with Crippen molar-refractivity contribution in [2.45, 2.75) is 26.4 Å². The first-order chi connectivity index (χ1) is 7.95. The summed E-state index contributed by atoms with van der Waals surface area (Å²) in [5.74, 6) is 0. The molecule has 0 aliphatic heterocycles. The number of carbonyl (C=O) groups excluding carboxylic acids is 1. The molecule has 0 aromatic rings. The van der Waals surface area contributed by atoms with Gasteiger partial charge < -0.3 is 24.6 Å². The summed E-state index contributed by atoms with van der Waals surface area (Å²) < 4.78 is 15.2. The van der Waals surface area contributed by atoms with Gasteiger partial charge in [-0.1, -0.05) is 0 Å². The minimum atomic E-state index is -0.483. The van der Waals surface area contributed by atoms with Crippen LogP contribution in [0.4, 0.5) is 4.79 Å². The van der Waals surface area contributed by atoms with E-state index in [1.807, 2.05) is 20.8 Å². The Morgan fingerprint density at radius 1 is 1.12 bits per heavy atom. The van der Waals surface area contributed by atoms with Crippen LogP contribution < -0.4 is 5.32 Å². The van der Waals surface area contributed by atoms with Gasteiger partial charge in [-0.15, -0.1) is 0 Å². The number of rotatable bonds is 8. The maximum Gasteiger partial charge on any atom is 0.407 e. The molecule has 6 nitrogen and oxygen atoms in total. The Morgan fingerprint density at radius 3 is 2.24 bits per heavy atom. The van der Waals surface area contributed by atoms with Crippen molar-refractivity contribution in [1.29, 1.82) is 0 Å². The van der Waals surface area contributed by atoms with Gasteiger partial charge in [-0.05, 0) is 20.8 Å². The number of hydrogen-bond acceptors (Lipinski definition) is 5. The van der Waals surface area contributed by atoms with Crippen molar-refractivity contribution in [3.05, 3.63) is 0 Å². The molecule has 0 radical (unpaired) electrons. The Morgan fingerprint density at radius 2 is 1.71 bits per heavy atom. The summed E-state index contributed by atoms with van der Waals surface area (Å²) in [7, 11) is 0. The second-order valence-corrected chi connectivity index (χ2v) is 4.38. The minimum absolute atomic E-state index is 0.0141. The molecule has 0 heterocycles. The van der Waals surface area contributed by atoms with Gasteiger partial charge >= 0.3 is 6.09 Å². The summed E-state index contributed by atoms with van der Waals surface area (Å²) >= 11 is 0. The zero-order valence-electron chi connectivity index (χ0n) is 10.8. The quantitative estimate of drug-likeness (QED) is 0.614. The number of aliphatic hydroxyl groups excluding tert-OH is 1. The molecular weight excluding hydrogens is 226 g/mol. The Balaban J connectivity index is 3.25. The predicted molar refractivity (Wildman–Crippen MR) is 63.0 cm³/mol. The second kappa shape index (κ2) is 9.21. The van der Waals surface area contributed by atoms with Crippen molar-refractivity contribution >= 4 is 6.09 Å². The van der Waals surface area contributed by atoms with E-state index in [2.05, 4.69) is 5.32 Å². The first-order valence-corrected chi connectivity index (χ1v) is 5.69. The van der Waals surface area contributed by atoms with Crippen LogP contribution in [0.3, 0.4) is 0 Å². The summed E-state index contributed by atoms with van der Waals surface area (Å²) in [6, 6.07) is 0. The molecule has 0 aromatic heterocycles. The van der Waals surface area contributed by atoms with E-state index in [4.69, 9.17) is 19.3 Å². The van der Waals surface area contributed by atoms with E-state index in [9.17, 15) is 4.79 Å². The fourth-order valence-electron chi connectivity index (χ4n) is 0.926. The zero-order valence-corrected chi connectivity index (χ0v) is 10.8. The van der Waals surface area contributed by atoms with Crippen LogP contribution in [0.5, 0.6) is 0 Å². The number of alkyl carbamates (subject to hydrolysis) is 1. The molecule has 0 aliphatic carbocycles. The number of ether oxygens (including phenoxy) is 3. The monoisotopic (exact) mass is 249 g/mol. The van der Waals surface area contributed by atoms with E-state index in [0.717, 1.165) is 0 Å². The van der Waals surface area contributed by atoms with Gasteiger partial charge in [0.05, 0.1) is 33.0 Å². The number of carbonyl (C=O) groups is 1. The average Bonchev–Trinajstić information content (AvgIpc) is 2.19. The van der Waals surface area contributed by atoms with Crippen LogP contribution in [0.25, 0.3) is 0 Å². The number of amides is 1. The van der Waals surface area contributed by atoms with Crippen molar-refractivity contribution in [2.24, 2.45) is 0 Å². The van der Waals surface area contributed by atoms with E-state index in [0.29, 0.717) is 33.0 Å². The van der Waals surface area contributed by atoms with Gasteiger partial charge in [0.25, 0.3) is 0 Å². The molecule has 0 bridgehead atoms. The molecule has 0 aliphatic rings. The maximum absolute atomic E-state index is 11.2. The van der Waals surface area contributed by atoms with Crippen molar-refractivity contribution in [3.8, 4) is 0 Å². The molecule has 17 heavy (non-hydrogen) atoms. The fraction of sp³-hybridized carbons (Fsp3) is 0.909. The number of hydrogen-bond donors (Lipinski definition) is 2. The van der Waals surface area contributed by atoms with Gasteiger partial charge in [-0.3, -0.25) is 0 Å². The van der Waals surface area contributed by atoms with Gasteiger partial charge in [-0.25, -0.2) is 4.79 Å². The van der Waals surface area contributed by atoms with Gasteiger partial charge in [0.1, 0.15) is 5.60 Å². The highest BCUT2D eigenvalue weighted by molar-refractivity contribution is 5.67. The summed E-state index contributed by atoms with van der Waals surface area (Å²) in [6.45, 7) is 7.43. The van der Waals surface area contributed by atoms with E-state index in [-0.39, 0.29) is 6.61 Å². The zero-order chi connectivity index (χ0) is 13.1. The molecule has 1 amide bonds. The topological polar surface area (TPSA) is 77.0 Å². The molecular formula is C11H23NO5. The third-order valence-electron chi connectivity index (χ3n) is 1.52. The van der Waals surface area contributed by atoms with Crippen LogP contribution in [0, 0.1) is 0 Å². The molecule has 0 rings (SSSR count). The lowest BCUT2D eigenvalue weighted by molar-refractivity contribution is 0.0303. The van der Waals surface area contributed by atoms with Gasteiger partial charge in [-0.2, -0.15) is 0 Å². The molecule has 0 saturated carbocycles. The van der Waals surface area contributed by atoms with Crippen LogP contribution in [0.1, 0.15) is 20.8 Å². The number of aliphatic hydroxyl groups is 1. The highest BCUT2D eigenvalue weighted by Crippen LogP contribution is 2.05. The molecule has 0 atom stereocenters. The summed E-state index contributed by atoms with van der Waals surface area (Å²) in [6.07, 6.45) is -0.447. The smallest absolute Gasteiger partial charge is 0.407 e. The highest BCUT2D eigenvalue weighted by Gasteiger charge is 2.15. The summed E-state index contributed by atoms with van der Waals surface area (Å²) in [5, 5.41) is 11.0. The van der Waals surface area contributed by atoms with Gasteiger partial charge in [0, 0.05) is 6.54 Å². The molecule has 6 heteroatoms. The van der Waals surface area contributed by atoms with Crippen LogP contribution >= 0.6 is 0 Å². The van der Waals surface area contributed by atoms with Crippen LogP contribution in [0.2, 0.25) is 0 Å². The lowest BCUT2D eigenvalue weighted by Gasteiger charge is -2.19. The van der Waals surface area contributed by atoms with Crippen molar-refractivity contribution < 1.29 is 24.1 Å². The van der Waals surface area contributed by atoms with E-state index in [1.165, 1.54) is 0 Å². The Labute approximate surface area is 102 Å². The standard InChI is InChI=1S/C11H23NO5/c1-11(2,3)17-10(14)12-4-6-15-8-9-16-7-5-13/h13H,4-9H2,1-3H3,(H,12,14). The molecule has 2 N–H and O–H groups in total. The van der Waals surface area contributed by atoms with Crippen molar-refractivity contribution in [3.63, 3.8) is 0 Å². The molecule has 102 valence electrons. The molecule has 0 spiro atoms. The molecule has 0 saturated heterocycles. The van der Waals surface area contributed by atoms with E-state index >= 15 is 0 Å². The minimum Gasteiger partial charge on any atom is -0.444 e. The largest absolute Gasteiger partial charge is 0.444 e. The van der Waals surface area contributed by atoms with E-state index < -0.39 is 11.7 Å². The van der Waals surface area contributed by atoms with E-state index in [1.54, 1.807) is 0 Å². The molecule has 0 unspecified atom stereocenters. The van der Waals surface area contributed by atoms with Gasteiger partial charge in [0.2, 0.25) is 0 Å². The Kier molecular flexibility index (Phi) is 8.75. The van der Waals surface area contributed by atoms with Crippen molar-refractivity contribution in [1.82, 2.24) is 5.32 Å². The van der Waals surface area contributed by atoms with Crippen LogP contribution in [-0.2, 0) is 14.2 Å². The fourth-order valence-corrected chi connectivity index (χ4v) is 0.926. The predicted octanol–water partition coefficient (Wildman–Crippen LogP) is 0.537.